The fourth-order valence-electron chi connectivity index (χ4n) is 4.33. The van der Waals surface area contributed by atoms with Crippen molar-refractivity contribution in [1.82, 2.24) is 0 Å². The van der Waals surface area contributed by atoms with Crippen LogP contribution in [0.15, 0.2) is 42.7 Å². The fraction of sp³-hybridized carbons (Fsp3) is 0.385. The number of esters is 2. The number of hydrogen-bond acceptors (Lipinski definition) is 8. The lowest BCUT2D eigenvalue weighted by atomic mass is 9.87. The number of ether oxygens (including phenoxy) is 2. The molecule has 184 valence electrons. The number of carbonyl (C=O) groups is 3. The van der Waals surface area contributed by atoms with Crippen LogP contribution in [0.3, 0.4) is 0 Å². The van der Waals surface area contributed by atoms with Gasteiger partial charge in [0.05, 0.1) is 0 Å². The number of fused-ring (bicyclic) bond motifs is 1. The van der Waals surface area contributed by atoms with E-state index in [1.165, 1.54) is 16.7 Å². The maximum Gasteiger partial charge on any atom is 0.343 e. The Morgan fingerprint density at radius 2 is 2.00 bits per heavy atom. The highest BCUT2D eigenvalue weighted by molar-refractivity contribution is 6.09. The fourth-order valence-corrected chi connectivity index (χ4v) is 4.33. The number of cyclic esters (lactones) is 1. The van der Waals surface area contributed by atoms with Crippen LogP contribution in [-0.4, -0.2) is 66.4 Å². The predicted octanol–water partition coefficient (Wildman–Crippen LogP) is 0.584. The normalized spacial score (nSPS) is 21.4. The summed E-state index contributed by atoms with van der Waals surface area (Å²) in [6, 6.07) is 10.00. The molecule has 3 unspecified atom stereocenters. The van der Waals surface area contributed by atoms with Crippen LogP contribution in [0, 0.1) is 0 Å². The van der Waals surface area contributed by atoms with Crippen LogP contribution in [0.4, 0.5) is 5.69 Å². The summed E-state index contributed by atoms with van der Waals surface area (Å²) in [4.78, 5) is 36.8. The number of hydrogen-bond donors (Lipinski definition) is 2. The van der Waals surface area contributed by atoms with Gasteiger partial charge in [-0.2, -0.15) is 0 Å². The molecule has 35 heavy (non-hydrogen) atoms. The Morgan fingerprint density at radius 3 is 2.69 bits per heavy atom. The molecule has 1 saturated heterocycles. The molecule has 1 aromatic heterocycles. The topological polar surface area (TPSA) is 117 Å². The Labute approximate surface area is 203 Å². The number of pyridine rings is 1. The third-order valence-corrected chi connectivity index (χ3v) is 6.24. The van der Waals surface area contributed by atoms with Gasteiger partial charge in [0.1, 0.15) is 26.3 Å². The molecule has 1 aliphatic heterocycles. The van der Waals surface area contributed by atoms with Crippen LogP contribution < -0.4 is 9.47 Å². The number of benzene rings is 1. The molecule has 4 rings (SSSR count). The van der Waals surface area contributed by atoms with Gasteiger partial charge in [-0.25, -0.2) is 9.36 Å². The molecule has 1 aliphatic carbocycles. The van der Waals surface area contributed by atoms with Crippen LogP contribution in [0.25, 0.3) is 11.6 Å². The van der Waals surface area contributed by atoms with E-state index in [2.05, 4.69) is 33.8 Å². The van der Waals surface area contributed by atoms with E-state index in [4.69, 9.17) is 4.74 Å². The molecule has 0 amide bonds. The monoisotopic (exact) mass is 481 g/mol. The zero-order valence-electron chi connectivity index (χ0n) is 19.7. The maximum absolute atomic E-state index is 12.2. The molecule has 0 saturated carbocycles. The number of rotatable bonds is 7. The molecule has 2 N–H and O–H groups in total. The lowest BCUT2D eigenvalue weighted by Gasteiger charge is -2.20. The van der Waals surface area contributed by atoms with Crippen LogP contribution in [0.5, 0.6) is 0 Å². The quantitative estimate of drug-likeness (QED) is 0.335. The number of allylic oxidation sites excluding steroid dienone is 1. The third kappa shape index (κ3) is 5.58. The SMILES string of the molecule is CN(CC(=O)OCC(O)C1OC(=O)C(O)C1=O)c1ccc(C=C2CCCc3c[n+](C)ccc32)cc1. The second-order valence-electron chi connectivity index (χ2n) is 8.93. The molecule has 0 radical (unpaired) electrons. The number of Topliss-reactive ketones (excluding diaryl/α,β-unsaturated/α-hetero) is 1. The number of aliphatic hydroxyl groups is 2. The van der Waals surface area contributed by atoms with Gasteiger partial charge in [0.15, 0.2) is 18.5 Å². The van der Waals surface area contributed by atoms with Crippen molar-refractivity contribution in [1.29, 1.82) is 0 Å². The zero-order valence-corrected chi connectivity index (χ0v) is 19.7. The third-order valence-electron chi connectivity index (χ3n) is 6.24. The molecule has 2 aromatic rings. The minimum Gasteiger partial charge on any atom is -0.461 e. The maximum atomic E-state index is 12.2. The summed E-state index contributed by atoms with van der Waals surface area (Å²) in [5.74, 6) is -2.69. The highest BCUT2D eigenvalue weighted by atomic mass is 16.6. The highest BCUT2D eigenvalue weighted by Crippen LogP contribution is 2.31. The van der Waals surface area contributed by atoms with Gasteiger partial charge in [-0.1, -0.05) is 18.2 Å². The molecular formula is C26H29N2O7+. The molecule has 0 bridgehead atoms. The van der Waals surface area contributed by atoms with E-state index < -0.39 is 42.6 Å². The number of carbonyl (C=O) groups excluding carboxylic acids is 3. The number of anilines is 1. The summed E-state index contributed by atoms with van der Waals surface area (Å²) < 4.78 is 11.7. The Morgan fingerprint density at radius 1 is 1.26 bits per heavy atom. The van der Waals surface area contributed by atoms with Crippen molar-refractivity contribution in [3.63, 3.8) is 0 Å². The van der Waals surface area contributed by atoms with E-state index in [0.717, 1.165) is 30.5 Å². The Bertz CT molecular complexity index is 1160. The zero-order chi connectivity index (χ0) is 25.1. The van der Waals surface area contributed by atoms with Crippen LogP contribution in [0.1, 0.15) is 29.5 Å². The molecule has 1 fully saturated rings. The van der Waals surface area contributed by atoms with Crippen LogP contribution in [-0.2, 0) is 37.3 Å². The second-order valence-corrected chi connectivity index (χ2v) is 8.93. The first-order valence-electron chi connectivity index (χ1n) is 11.5. The highest BCUT2D eigenvalue weighted by Gasteiger charge is 2.46. The summed E-state index contributed by atoms with van der Waals surface area (Å²) >= 11 is 0. The standard InChI is InChI=1S/C26H29N2O7/c1-27-11-10-20-17(4-3-5-18(20)13-27)12-16-6-8-19(9-7-16)28(2)14-22(30)34-15-21(29)25-23(31)24(32)26(33)35-25/h6-13,21,24-25,29,32H,3-5,14-15H2,1-2H3/q+1. The average Bonchev–Trinajstić information content (AvgIpc) is 3.10. The number of aryl methyl sites for hydroxylation is 2. The first-order valence-corrected chi connectivity index (χ1v) is 11.5. The van der Waals surface area contributed by atoms with Crippen LogP contribution >= 0.6 is 0 Å². The van der Waals surface area contributed by atoms with Gasteiger partial charge in [0, 0.05) is 24.4 Å². The van der Waals surface area contributed by atoms with Crippen molar-refractivity contribution >= 4 is 35.1 Å². The summed E-state index contributed by atoms with van der Waals surface area (Å²) in [6.07, 6.45) is 4.69. The van der Waals surface area contributed by atoms with E-state index in [1.807, 2.05) is 31.3 Å². The van der Waals surface area contributed by atoms with Crippen molar-refractivity contribution in [3.8, 4) is 0 Å². The summed E-state index contributed by atoms with van der Waals surface area (Å²) in [5, 5.41) is 19.3. The molecule has 0 spiro atoms. The molecule has 2 aliphatic rings. The minimum atomic E-state index is -1.91. The molecular weight excluding hydrogens is 452 g/mol. The van der Waals surface area contributed by atoms with Crippen molar-refractivity contribution in [2.45, 2.75) is 37.6 Å². The predicted molar refractivity (Wildman–Crippen MR) is 126 cm³/mol. The van der Waals surface area contributed by atoms with Gasteiger partial charge in [0.2, 0.25) is 11.9 Å². The molecule has 1 aromatic carbocycles. The van der Waals surface area contributed by atoms with Crippen LogP contribution in [0.2, 0.25) is 0 Å². The average molecular weight is 482 g/mol. The van der Waals surface area contributed by atoms with Crippen molar-refractivity contribution in [2.75, 3.05) is 25.1 Å². The summed E-state index contributed by atoms with van der Waals surface area (Å²) in [5.41, 5.74) is 5.85. The van der Waals surface area contributed by atoms with E-state index in [1.54, 1.807) is 11.9 Å². The lowest BCUT2D eigenvalue weighted by molar-refractivity contribution is -0.672. The summed E-state index contributed by atoms with van der Waals surface area (Å²) in [7, 11) is 3.77. The van der Waals surface area contributed by atoms with E-state index >= 15 is 0 Å². The van der Waals surface area contributed by atoms with Crippen molar-refractivity contribution in [3.05, 3.63) is 59.4 Å². The number of aromatic nitrogens is 1. The Kier molecular flexibility index (Phi) is 7.28. The molecule has 9 nitrogen and oxygen atoms in total. The Hall–Kier alpha value is -3.56. The van der Waals surface area contributed by atoms with Gasteiger partial charge in [-0.3, -0.25) is 9.59 Å². The van der Waals surface area contributed by atoms with Gasteiger partial charge >= 0.3 is 11.9 Å². The van der Waals surface area contributed by atoms with Gasteiger partial charge in [-0.15, -0.1) is 0 Å². The first kappa shape index (κ1) is 24.6. The largest absolute Gasteiger partial charge is 0.461 e. The van der Waals surface area contributed by atoms with Crippen molar-refractivity contribution in [2.24, 2.45) is 7.05 Å². The number of aliphatic hydroxyl groups excluding tert-OH is 2. The Balaban J connectivity index is 1.32. The lowest BCUT2D eigenvalue weighted by Crippen LogP contribution is -2.39. The second kappa shape index (κ2) is 10.4. The molecule has 9 heteroatoms. The van der Waals surface area contributed by atoms with E-state index in [0.29, 0.717) is 0 Å². The van der Waals surface area contributed by atoms with Gasteiger partial charge in [-0.05, 0) is 48.1 Å². The molecule has 3 atom stereocenters. The first-order chi connectivity index (χ1) is 16.7. The number of likely N-dealkylation sites (N-methyl/N-ethyl adjacent to an activating group) is 1. The van der Waals surface area contributed by atoms with Gasteiger partial charge < -0.3 is 24.6 Å². The van der Waals surface area contributed by atoms with Crippen molar-refractivity contribution < 1.29 is 38.6 Å². The smallest absolute Gasteiger partial charge is 0.343 e. The number of nitrogens with zero attached hydrogens (tertiary/aromatic N) is 2. The number of ketones is 1. The van der Waals surface area contributed by atoms with Gasteiger partial charge in [0.25, 0.3) is 0 Å². The molecule has 2 heterocycles. The minimum absolute atomic E-state index is 0.0847. The summed E-state index contributed by atoms with van der Waals surface area (Å²) in [6.45, 7) is -0.617. The van der Waals surface area contributed by atoms with E-state index in [-0.39, 0.29) is 6.54 Å². The van der Waals surface area contributed by atoms with E-state index in [9.17, 15) is 24.6 Å².